The van der Waals surface area contributed by atoms with E-state index < -0.39 is 0 Å². The van der Waals surface area contributed by atoms with Crippen molar-refractivity contribution in [2.24, 2.45) is 5.73 Å². The van der Waals surface area contributed by atoms with Crippen LogP contribution in [0.2, 0.25) is 5.02 Å². The zero-order valence-corrected chi connectivity index (χ0v) is 14.2. The van der Waals surface area contributed by atoms with Gasteiger partial charge in [0.05, 0.1) is 6.04 Å². The smallest absolute Gasteiger partial charge is 0.123 e. The Kier molecular flexibility index (Phi) is 4.91. The summed E-state index contributed by atoms with van der Waals surface area (Å²) in [4.78, 5) is 2.16. The Balaban J connectivity index is 2.27. The van der Waals surface area contributed by atoms with Gasteiger partial charge in [-0.1, -0.05) is 23.7 Å². The lowest BCUT2D eigenvalue weighted by atomic mass is 10.1. The third kappa shape index (κ3) is 3.57. The highest BCUT2D eigenvalue weighted by Crippen LogP contribution is 2.29. The van der Waals surface area contributed by atoms with E-state index in [2.05, 4.69) is 27.8 Å². The molecule has 3 N–H and O–H groups in total. The van der Waals surface area contributed by atoms with Crippen molar-refractivity contribution in [3.63, 3.8) is 0 Å². The summed E-state index contributed by atoms with van der Waals surface area (Å²) in [5, 5.41) is 8.25. The fraction of sp³-hybridized carbons (Fsp3) is 0.188. The van der Waals surface area contributed by atoms with Crippen molar-refractivity contribution in [3.05, 3.63) is 63.1 Å². The third-order valence-electron chi connectivity index (χ3n) is 3.58. The van der Waals surface area contributed by atoms with Gasteiger partial charge in [0, 0.05) is 27.8 Å². The average Bonchev–Trinajstić information content (AvgIpc) is 2.46. The van der Waals surface area contributed by atoms with E-state index in [1.807, 2.05) is 49.5 Å². The van der Waals surface area contributed by atoms with Crippen LogP contribution in [0.25, 0.3) is 0 Å². The second-order valence-electron chi connectivity index (χ2n) is 4.92. The molecule has 0 fully saturated rings. The maximum Gasteiger partial charge on any atom is 0.123 e. The van der Waals surface area contributed by atoms with Crippen molar-refractivity contribution < 1.29 is 0 Å². The molecule has 5 heteroatoms. The molecule has 0 aliphatic carbocycles. The first-order valence-corrected chi connectivity index (χ1v) is 7.69. The molecule has 2 aromatic rings. The standard InChI is InChI=1S/C16H17BrClN3/c1-10(11-3-5-12(18)6-4-11)21(2)13-7-8-14(16(19)20)15(17)9-13/h3-10H,1-2H3,(H3,19,20). The van der Waals surface area contributed by atoms with E-state index in [0.717, 1.165) is 15.2 Å². The fourth-order valence-corrected chi connectivity index (χ4v) is 2.84. The summed E-state index contributed by atoms with van der Waals surface area (Å²) in [6.07, 6.45) is 0. The number of nitrogen functional groups attached to an aromatic ring is 1. The molecule has 21 heavy (non-hydrogen) atoms. The Morgan fingerprint density at radius 1 is 1.24 bits per heavy atom. The van der Waals surface area contributed by atoms with Gasteiger partial charge in [-0.2, -0.15) is 0 Å². The summed E-state index contributed by atoms with van der Waals surface area (Å²) >= 11 is 9.40. The second-order valence-corrected chi connectivity index (χ2v) is 6.21. The van der Waals surface area contributed by atoms with Crippen molar-refractivity contribution in [2.45, 2.75) is 13.0 Å². The van der Waals surface area contributed by atoms with E-state index in [9.17, 15) is 0 Å². The maximum absolute atomic E-state index is 7.51. The number of halogens is 2. The van der Waals surface area contributed by atoms with E-state index in [0.29, 0.717) is 5.56 Å². The Morgan fingerprint density at radius 2 is 1.86 bits per heavy atom. The number of nitrogens with two attached hydrogens (primary N) is 1. The van der Waals surface area contributed by atoms with Gasteiger partial charge in [0.25, 0.3) is 0 Å². The van der Waals surface area contributed by atoms with Crippen molar-refractivity contribution >= 4 is 39.1 Å². The normalized spacial score (nSPS) is 12.0. The number of rotatable bonds is 4. The number of amidine groups is 1. The molecule has 0 spiro atoms. The molecular formula is C16H17BrClN3. The van der Waals surface area contributed by atoms with Crippen LogP contribution >= 0.6 is 27.5 Å². The third-order valence-corrected chi connectivity index (χ3v) is 4.49. The van der Waals surface area contributed by atoms with Crippen LogP contribution in [0.3, 0.4) is 0 Å². The number of benzene rings is 2. The van der Waals surface area contributed by atoms with Gasteiger partial charge < -0.3 is 10.6 Å². The molecule has 0 amide bonds. The first kappa shape index (κ1) is 15.9. The minimum absolute atomic E-state index is 0.0572. The van der Waals surface area contributed by atoms with Gasteiger partial charge in [0.1, 0.15) is 5.84 Å². The lowest BCUT2D eigenvalue weighted by Crippen LogP contribution is -2.22. The molecule has 0 saturated heterocycles. The van der Waals surface area contributed by atoms with Crippen molar-refractivity contribution in [1.29, 1.82) is 5.41 Å². The zero-order valence-electron chi connectivity index (χ0n) is 11.9. The van der Waals surface area contributed by atoms with Crippen LogP contribution in [0.5, 0.6) is 0 Å². The van der Waals surface area contributed by atoms with Gasteiger partial charge in [-0.15, -0.1) is 0 Å². The molecular weight excluding hydrogens is 350 g/mol. The number of hydrogen-bond donors (Lipinski definition) is 2. The molecule has 1 atom stereocenters. The first-order chi connectivity index (χ1) is 9.90. The van der Waals surface area contributed by atoms with Crippen LogP contribution in [0.4, 0.5) is 5.69 Å². The summed E-state index contributed by atoms with van der Waals surface area (Å²) in [5.74, 6) is 0.0572. The molecule has 0 saturated carbocycles. The molecule has 0 bridgehead atoms. The molecule has 0 radical (unpaired) electrons. The van der Waals surface area contributed by atoms with Gasteiger partial charge in [-0.3, -0.25) is 5.41 Å². The Labute approximate surface area is 138 Å². The Bertz CT molecular complexity index is 655. The highest BCUT2D eigenvalue weighted by molar-refractivity contribution is 9.10. The molecule has 2 rings (SSSR count). The van der Waals surface area contributed by atoms with Crippen molar-refractivity contribution in [3.8, 4) is 0 Å². The summed E-state index contributed by atoms with van der Waals surface area (Å²) in [6, 6.07) is 13.9. The number of anilines is 1. The lowest BCUT2D eigenvalue weighted by molar-refractivity contribution is 0.739. The summed E-state index contributed by atoms with van der Waals surface area (Å²) in [7, 11) is 2.04. The van der Waals surface area contributed by atoms with Crippen LogP contribution in [-0.2, 0) is 0 Å². The van der Waals surface area contributed by atoms with Crippen molar-refractivity contribution in [1.82, 2.24) is 0 Å². The Hall–Kier alpha value is -1.52. The lowest BCUT2D eigenvalue weighted by Gasteiger charge is -2.28. The van der Waals surface area contributed by atoms with Gasteiger partial charge in [0.15, 0.2) is 0 Å². The minimum Gasteiger partial charge on any atom is -0.384 e. The zero-order chi connectivity index (χ0) is 15.6. The first-order valence-electron chi connectivity index (χ1n) is 6.52. The molecule has 2 aromatic carbocycles. The molecule has 3 nitrogen and oxygen atoms in total. The number of nitrogens with zero attached hydrogens (tertiary/aromatic N) is 1. The van der Waals surface area contributed by atoms with Crippen LogP contribution in [-0.4, -0.2) is 12.9 Å². The number of nitrogens with one attached hydrogen (secondary N) is 1. The summed E-state index contributed by atoms with van der Waals surface area (Å²) in [5.41, 5.74) is 8.47. The molecule has 1 unspecified atom stereocenters. The maximum atomic E-state index is 7.51. The monoisotopic (exact) mass is 365 g/mol. The average molecular weight is 367 g/mol. The predicted octanol–water partition coefficient (Wildman–Crippen LogP) is 4.58. The largest absolute Gasteiger partial charge is 0.384 e. The van der Waals surface area contributed by atoms with Crippen LogP contribution in [0.15, 0.2) is 46.9 Å². The minimum atomic E-state index is 0.0572. The fourth-order valence-electron chi connectivity index (χ4n) is 2.13. The highest BCUT2D eigenvalue weighted by atomic mass is 79.9. The molecule has 110 valence electrons. The quantitative estimate of drug-likeness (QED) is 0.614. The molecule has 0 heterocycles. The van der Waals surface area contributed by atoms with Gasteiger partial charge in [-0.05, 0) is 58.7 Å². The highest BCUT2D eigenvalue weighted by Gasteiger charge is 2.14. The van der Waals surface area contributed by atoms with E-state index in [4.69, 9.17) is 22.7 Å². The van der Waals surface area contributed by atoms with E-state index >= 15 is 0 Å². The summed E-state index contributed by atoms with van der Waals surface area (Å²) < 4.78 is 0.822. The van der Waals surface area contributed by atoms with Crippen LogP contribution in [0.1, 0.15) is 24.1 Å². The topological polar surface area (TPSA) is 53.1 Å². The predicted molar refractivity (Wildman–Crippen MR) is 93.4 cm³/mol. The number of hydrogen-bond acceptors (Lipinski definition) is 2. The van der Waals surface area contributed by atoms with E-state index in [1.54, 1.807) is 0 Å². The molecule has 0 aliphatic rings. The molecule has 0 aliphatic heterocycles. The van der Waals surface area contributed by atoms with Gasteiger partial charge in [0.2, 0.25) is 0 Å². The van der Waals surface area contributed by atoms with Crippen molar-refractivity contribution in [2.75, 3.05) is 11.9 Å². The second kappa shape index (κ2) is 6.50. The molecule has 0 aromatic heterocycles. The van der Waals surface area contributed by atoms with Gasteiger partial charge in [-0.25, -0.2) is 0 Å². The Morgan fingerprint density at radius 3 is 2.38 bits per heavy atom. The van der Waals surface area contributed by atoms with Crippen LogP contribution in [0, 0.1) is 5.41 Å². The van der Waals surface area contributed by atoms with Gasteiger partial charge >= 0.3 is 0 Å². The van der Waals surface area contributed by atoms with E-state index in [-0.39, 0.29) is 11.9 Å². The van der Waals surface area contributed by atoms with Crippen LogP contribution < -0.4 is 10.6 Å². The van der Waals surface area contributed by atoms with E-state index in [1.165, 1.54) is 5.56 Å². The summed E-state index contributed by atoms with van der Waals surface area (Å²) in [6.45, 7) is 2.13. The SMILES string of the molecule is CC(c1ccc(Cl)cc1)N(C)c1ccc(C(=N)N)c(Br)c1.